The van der Waals surface area contributed by atoms with Crippen LogP contribution in [0.1, 0.15) is 25.3 Å². The summed E-state index contributed by atoms with van der Waals surface area (Å²) in [6.07, 6.45) is 2.26. The molecule has 0 unspecified atom stereocenters. The van der Waals surface area contributed by atoms with E-state index in [1.807, 2.05) is 0 Å². The normalized spacial score (nSPS) is 10.8. The molecule has 0 amide bonds. The number of ether oxygens (including phenoxy) is 1. The van der Waals surface area contributed by atoms with Gasteiger partial charge in [-0.3, -0.25) is 0 Å². The lowest BCUT2D eigenvalue weighted by Crippen LogP contribution is -1.98. The van der Waals surface area contributed by atoms with Gasteiger partial charge in [-0.2, -0.15) is 0 Å². The molecule has 0 aliphatic heterocycles. The van der Waals surface area contributed by atoms with Gasteiger partial charge in [0.05, 0.1) is 6.61 Å². The van der Waals surface area contributed by atoms with Crippen molar-refractivity contribution in [3.63, 3.8) is 0 Å². The molecule has 0 N–H and O–H groups in total. The van der Waals surface area contributed by atoms with Crippen LogP contribution in [0, 0.1) is 6.92 Å². The summed E-state index contributed by atoms with van der Waals surface area (Å²) >= 11 is 3.66. The van der Waals surface area contributed by atoms with E-state index in [1.165, 1.54) is 16.3 Å². The summed E-state index contributed by atoms with van der Waals surface area (Å²) in [4.78, 5) is 0. The maximum Gasteiger partial charge on any atom is 0.123 e. The van der Waals surface area contributed by atoms with Crippen molar-refractivity contribution in [1.82, 2.24) is 0 Å². The molecule has 0 atom stereocenters. The monoisotopic (exact) mass is 292 g/mol. The highest BCUT2D eigenvalue weighted by molar-refractivity contribution is 9.10. The summed E-state index contributed by atoms with van der Waals surface area (Å²) in [5.41, 5.74) is 1.18. The lowest BCUT2D eigenvalue weighted by Gasteiger charge is -2.12. The molecule has 0 aliphatic carbocycles. The fraction of sp³-hybridized carbons (Fsp3) is 0.333. The Balaban J connectivity index is 2.39. The highest BCUT2D eigenvalue weighted by atomic mass is 79.9. The lowest BCUT2D eigenvalue weighted by molar-refractivity contribution is 0.307. The van der Waals surface area contributed by atoms with Crippen molar-refractivity contribution in [1.29, 1.82) is 0 Å². The van der Waals surface area contributed by atoms with Crippen molar-refractivity contribution in [3.8, 4) is 5.75 Å². The standard InChI is InChI=1S/C15H17BrO/c1-3-4-9-17-14-10-12-7-5-6-8-13(12)15(16)11(14)2/h5-8,10H,3-4,9H2,1-2H3. The van der Waals surface area contributed by atoms with Gasteiger partial charge in [0.25, 0.3) is 0 Å². The van der Waals surface area contributed by atoms with Crippen molar-refractivity contribution in [2.45, 2.75) is 26.7 Å². The van der Waals surface area contributed by atoms with E-state index in [2.05, 4.69) is 60.1 Å². The molecule has 0 bridgehead atoms. The second-order valence-electron chi connectivity index (χ2n) is 4.24. The van der Waals surface area contributed by atoms with Gasteiger partial charge in [0, 0.05) is 10.0 Å². The molecule has 0 aromatic heterocycles. The first kappa shape index (κ1) is 12.4. The predicted octanol–water partition coefficient (Wildman–Crippen LogP) is 5.09. The number of benzene rings is 2. The van der Waals surface area contributed by atoms with Gasteiger partial charge < -0.3 is 4.74 Å². The second-order valence-corrected chi connectivity index (χ2v) is 5.03. The summed E-state index contributed by atoms with van der Waals surface area (Å²) in [5, 5.41) is 2.46. The van der Waals surface area contributed by atoms with Gasteiger partial charge in [-0.25, -0.2) is 0 Å². The Morgan fingerprint density at radius 2 is 2.00 bits per heavy atom. The smallest absolute Gasteiger partial charge is 0.123 e. The Kier molecular flexibility index (Phi) is 4.06. The number of rotatable bonds is 4. The van der Waals surface area contributed by atoms with Crippen LogP contribution in [0.15, 0.2) is 34.8 Å². The van der Waals surface area contributed by atoms with E-state index in [0.717, 1.165) is 29.7 Å². The number of hydrogen-bond acceptors (Lipinski definition) is 1. The number of fused-ring (bicyclic) bond motifs is 1. The third-order valence-corrected chi connectivity index (χ3v) is 3.96. The zero-order chi connectivity index (χ0) is 12.3. The fourth-order valence-corrected chi connectivity index (χ4v) is 2.42. The molecule has 0 radical (unpaired) electrons. The highest BCUT2D eigenvalue weighted by Gasteiger charge is 2.08. The molecule has 0 saturated carbocycles. The number of hydrogen-bond donors (Lipinski definition) is 0. The first-order valence-electron chi connectivity index (χ1n) is 6.04. The second kappa shape index (κ2) is 5.54. The van der Waals surface area contributed by atoms with Gasteiger partial charge in [0.2, 0.25) is 0 Å². The largest absolute Gasteiger partial charge is 0.493 e. The number of unbranched alkanes of at least 4 members (excludes halogenated alkanes) is 1. The summed E-state index contributed by atoms with van der Waals surface area (Å²) in [6.45, 7) is 5.06. The quantitative estimate of drug-likeness (QED) is 0.713. The summed E-state index contributed by atoms with van der Waals surface area (Å²) in [7, 11) is 0. The molecule has 2 rings (SSSR count). The van der Waals surface area contributed by atoms with Crippen LogP contribution in [-0.2, 0) is 0 Å². The van der Waals surface area contributed by atoms with Crippen LogP contribution in [0.25, 0.3) is 10.8 Å². The van der Waals surface area contributed by atoms with Crippen molar-refractivity contribution in [2.75, 3.05) is 6.61 Å². The molecule has 1 nitrogen and oxygen atoms in total. The van der Waals surface area contributed by atoms with Crippen molar-refractivity contribution in [3.05, 3.63) is 40.4 Å². The van der Waals surface area contributed by atoms with E-state index in [9.17, 15) is 0 Å². The third kappa shape index (κ3) is 2.63. The minimum Gasteiger partial charge on any atom is -0.493 e. The molecule has 2 aromatic carbocycles. The van der Waals surface area contributed by atoms with Crippen LogP contribution >= 0.6 is 15.9 Å². The molecule has 0 fully saturated rings. The van der Waals surface area contributed by atoms with Crippen molar-refractivity contribution >= 4 is 26.7 Å². The Labute approximate surface area is 111 Å². The van der Waals surface area contributed by atoms with Crippen LogP contribution in [0.5, 0.6) is 5.75 Å². The predicted molar refractivity (Wildman–Crippen MR) is 76.8 cm³/mol. The van der Waals surface area contributed by atoms with Gasteiger partial charge in [-0.1, -0.05) is 37.6 Å². The average molecular weight is 293 g/mol. The first-order chi connectivity index (χ1) is 8.24. The topological polar surface area (TPSA) is 9.23 Å². The fourth-order valence-electron chi connectivity index (χ4n) is 1.86. The highest BCUT2D eigenvalue weighted by Crippen LogP contribution is 2.34. The van der Waals surface area contributed by atoms with E-state index in [-0.39, 0.29) is 0 Å². The molecular formula is C15H17BrO. The van der Waals surface area contributed by atoms with Crippen LogP contribution in [0.4, 0.5) is 0 Å². The molecule has 0 spiro atoms. The summed E-state index contributed by atoms with van der Waals surface area (Å²) < 4.78 is 6.98. The molecule has 0 saturated heterocycles. The zero-order valence-corrected chi connectivity index (χ0v) is 11.9. The van der Waals surface area contributed by atoms with Crippen LogP contribution in [-0.4, -0.2) is 6.61 Å². The van der Waals surface area contributed by atoms with Gasteiger partial charge in [-0.05, 0) is 46.1 Å². The molecule has 2 heteroatoms. The average Bonchev–Trinajstić information content (AvgIpc) is 2.35. The van der Waals surface area contributed by atoms with Crippen LogP contribution in [0.2, 0.25) is 0 Å². The maximum absolute atomic E-state index is 5.84. The molecule has 0 heterocycles. The molecule has 2 aromatic rings. The van der Waals surface area contributed by atoms with Gasteiger partial charge in [-0.15, -0.1) is 0 Å². The first-order valence-corrected chi connectivity index (χ1v) is 6.84. The van der Waals surface area contributed by atoms with Crippen LogP contribution in [0.3, 0.4) is 0 Å². The van der Waals surface area contributed by atoms with Crippen LogP contribution < -0.4 is 4.74 Å². The minimum atomic E-state index is 0.794. The Morgan fingerprint density at radius 3 is 2.76 bits per heavy atom. The van der Waals surface area contributed by atoms with Gasteiger partial charge in [0.1, 0.15) is 5.75 Å². The van der Waals surface area contributed by atoms with E-state index in [4.69, 9.17) is 4.74 Å². The Morgan fingerprint density at radius 1 is 1.24 bits per heavy atom. The van der Waals surface area contributed by atoms with Crippen molar-refractivity contribution < 1.29 is 4.74 Å². The Bertz CT molecular complexity index is 520. The number of halogens is 1. The van der Waals surface area contributed by atoms with E-state index >= 15 is 0 Å². The molecule has 90 valence electrons. The third-order valence-electron chi connectivity index (χ3n) is 2.94. The zero-order valence-electron chi connectivity index (χ0n) is 10.3. The Hall–Kier alpha value is -1.02. The SMILES string of the molecule is CCCCOc1cc2ccccc2c(Br)c1C. The van der Waals surface area contributed by atoms with E-state index in [0.29, 0.717) is 0 Å². The molecule has 17 heavy (non-hydrogen) atoms. The molecule has 0 aliphatic rings. The van der Waals surface area contributed by atoms with Gasteiger partial charge in [0.15, 0.2) is 0 Å². The lowest BCUT2D eigenvalue weighted by atomic mass is 10.1. The van der Waals surface area contributed by atoms with Crippen molar-refractivity contribution in [2.24, 2.45) is 0 Å². The summed E-state index contributed by atoms with van der Waals surface area (Å²) in [5.74, 6) is 0.990. The van der Waals surface area contributed by atoms with E-state index < -0.39 is 0 Å². The van der Waals surface area contributed by atoms with E-state index in [1.54, 1.807) is 0 Å². The maximum atomic E-state index is 5.84. The minimum absolute atomic E-state index is 0.794. The molecular weight excluding hydrogens is 276 g/mol. The van der Waals surface area contributed by atoms with Gasteiger partial charge >= 0.3 is 0 Å². The summed E-state index contributed by atoms with van der Waals surface area (Å²) in [6, 6.07) is 10.5.